The SMILES string of the molecule is CN(C)Cc1ccc(-c2c(-c3ccccn3)c[nH]c(=O)c2-c2ccccc2C#N)cc1. The van der Waals surface area contributed by atoms with Crippen molar-refractivity contribution >= 4 is 0 Å². The number of nitriles is 1. The van der Waals surface area contributed by atoms with E-state index in [9.17, 15) is 10.1 Å². The first-order chi connectivity index (χ1) is 15.1. The molecule has 1 N–H and O–H groups in total. The molecule has 31 heavy (non-hydrogen) atoms. The van der Waals surface area contributed by atoms with Gasteiger partial charge in [0, 0.05) is 35.6 Å². The molecule has 5 heteroatoms. The minimum absolute atomic E-state index is 0.241. The van der Waals surface area contributed by atoms with Gasteiger partial charge in [0.2, 0.25) is 0 Å². The Labute approximate surface area is 181 Å². The molecule has 0 radical (unpaired) electrons. The molecule has 4 aromatic rings. The monoisotopic (exact) mass is 406 g/mol. The lowest BCUT2D eigenvalue weighted by Crippen LogP contribution is -2.12. The van der Waals surface area contributed by atoms with Crippen LogP contribution in [0.15, 0.2) is 83.9 Å². The molecule has 152 valence electrons. The highest BCUT2D eigenvalue weighted by molar-refractivity contribution is 5.94. The molecule has 0 aliphatic carbocycles. The molecule has 0 aliphatic rings. The maximum atomic E-state index is 13.1. The molecule has 2 aromatic heterocycles. The first-order valence-electron chi connectivity index (χ1n) is 9.99. The summed E-state index contributed by atoms with van der Waals surface area (Å²) < 4.78 is 0. The molecule has 0 aliphatic heterocycles. The van der Waals surface area contributed by atoms with Crippen molar-refractivity contribution in [1.29, 1.82) is 5.26 Å². The smallest absolute Gasteiger partial charge is 0.256 e. The molecular formula is C26H22N4O. The Hall–Kier alpha value is -4.01. The van der Waals surface area contributed by atoms with Crippen molar-refractivity contribution < 1.29 is 0 Å². The molecule has 0 fully saturated rings. The van der Waals surface area contributed by atoms with Crippen LogP contribution in [0.2, 0.25) is 0 Å². The third-order valence-electron chi connectivity index (χ3n) is 5.09. The lowest BCUT2D eigenvalue weighted by Gasteiger charge is -2.16. The van der Waals surface area contributed by atoms with E-state index in [1.165, 1.54) is 5.56 Å². The van der Waals surface area contributed by atoms with E-state index in [4.69, 9.17) is 0 Å². The molecule has 0 spiro atoms. The summed E-state index contributed by atoms with van der Waals surface area (Å²) in [6.45, 7) is 0.826. The molecule has 0 amide bonds. The van der Waals surface area contributed by atoms with Gasteiger partial charge in [0.25, 0.3) is 5.56 Å². The second-order valence-corrected chi connectivity index (χ2v) is 7.59. The number of pyridine rings is 2. The van der Waals surface area contributed by atoms with Gasteiger partial charge in [-0.1, -0.05) is 48.5 Å². The van der Waals surface area contributed by atoms with Gasteiger partial charge in [0.15, 0.2) is 0 Å². The molecule has 5 nitrogen and oxygen atoms in total. The number of rotatable bonds is 5. The summed E-state index contributed by atoms with van der Waals surface area (Å²) in [4.78, 5) is 22.6. The van der Waals surface area contributed by atoms with E-state index in [0.717, 1.165) is 28.9 Å². The van der Waals surface area contributed by atoms with E-state index in [1.54, 1.807) is 24.5 Å². The van der Waals surface area contributed by atoms with E-state index in [1.807, 2.05) is 56.6 Å². The van der Waals surface area contributed by atoms with Gasteiger partial charge in [0.05, 0.1) is 22.9 Å². The lowest BCUT2D eigenvalue weighted by atomic mass is 9.89. The Morgan fingerprint density at radius 3 is 2.35 bits per heavy atom. The Balaban J connectivity index is 2.02. The van der Waals surface area contributed by atoms with E-state index in [0.29, 0.717) is 16.7 Å². The topological polar surface area (TPSA) is 72.8 Å². The third-order valence-corrected chi connectivity index (χ3v) is 5.09. The van der Waals surface area contributed by atoms with Gasteiger partial charge >= 0.3 is 0 Å². The van der Waals surface area contributed by atoms with Crippen LogP contribution in [0.4, 0.5) is 0 Å². The molecular weight excluding hydrogens is 384 g/mol. The Bertz CT molecular complexity index is 1300. The Kier molecular flexibility index (Phi) is 5.74. The van der Waals surface area contributed by atoms with Gasteiger partial charge in [-0.25, -0.2) is 0 Å². The van der Waals surface area contributed by atoms with Crippen molar-refractivity contribution in [3.05, 3.63) is 101 Å². The minimum Gasteiger partial charge on any atom is -0.328 e. The fraction of sp³-hybridized carbons (Fsp3) is 0.115. The summed E-state index contributed by atoms with van der Waals surface area (Å²) in [6, 6.07) is 23.3. The van der Waals surface area contributed by atoms with E-state index in [-0.39, 0.29) is 5.56 Å². The van der Waals surface area contributed by atoms with Crippen molar-refractivity contribution in [2.24, 2.45) is 0 Å². The average Bonchev–Trinajstić information content (AvgIpc) is 2.79. The van der Waals surface area contributed by atoms with E-state index >= 15 is 0 Å². The van der Waals surface area contributed by atoms with Crippen LogP contribution >= 0.6 is 0 Å². The molecule has 0 saturated carbocycles. The summed E-state index contributed by atoms with van der Waals surface area (Å²) in [5, 5.41) is 9.66. The predicted octanol–water partition coefficient (Wildman–Crippen LogP) is 4.70. The van der Waals surface area contributed by atoms with Crippen LogP contribution in [0.5, 0.6) is 0 Å². The van der Waals surface area contributed by atoms with Crippen molar-refractivity contribution in [2.45, 2.75) is 6.54 Å². The standard InChI is InChI=1S/C26H22N4O/c1-30(2)17-18-10-12-19(13-11-18)24-22(23-9-5-6-14-28-23)16-29-26(31)25(24)21-8-4-3-7-20(21)15-27/h3-14,16H,17H2,1-2H3,(H,29,31). The number of benzene rings is 2. The lowest BCUT2D eigenvalue weighted by molar-refractivity contribution is 0.402. The highest BCUT2D eigenvalue weighted by Gasteiger charge is 2.20. The van der Waals surface area contributed by atoms with E-state index < -0.39 is 0 Å². The summed E-state index contributed by atoms with van der Waals surface area (Å²) in [5.41, 5.74) is 5.70. The zero-order valence-electron chi connectivity index (χ0n) is 17.5. The first kappa shape index (κ1) is 20.3. The second-order valence-electron chi connectivity index (χ2n) is 7.59. The molecule has 0 saturated heterocycles. The Morgan fingerprint density at radius 1 is 0.935 bits per heavy atom. The number of aromatic amines is 1. The van der Waals surface area contributed by atoms with Crippen LogP contribution in [0, 0.1) is 11.3 Å². The average molecular weight is 406 g/mol. The van der Waals surface area contributed by atoms with Crippen LogP contribution in [0.1, 0.15) is 11.1 Å². The van der Waals surface area contributed by atoms with E-state index in [2.05, 4.69) is 33.1 Å². The van der Waals surface area contributed by atoms with Gasteiger partial charge in [-0.2, -0.15) is 5.26 Å². The molecule has 0 unspecified atom stereocenters. The normalized spacial score (nSPS) is 10.8. The van der Waals surface area contributed by atoms with Gasteiger partial charge in [-0.05, 0) is 43.4 Å². The molecule has 2 heterocycles. The number of aromatic nitrogens is 2. The quantitative estimate of drug-likeness (QED) is 0.521. The van der Waals surface area contributed by atoms with Crippen molar-refractivity contribution in [1.82, 2.24) is 14.9 Å². The van der Waals surface area contributed by atoms with Gasteiger partial charge < -0.3 is 9.88 Å². The van der Waals surface area contributed by atoms with Crippen LogP contribution in [-0.4, -0.2) is 29.0 Å². The molecule has 0 atom stereocenters. The van der Waals surface area contributed by atoms with Crippen LogP contribution in [0.3, 0.4) is 0 Å². The van der Waals surface area contributed by atoms with Crippen LogP contribution in [0.25, 0.3) is 33.5 Å². The fourth-order valence-corrected chi connectivity index (χ4v) is 3.75. The van der Waals surface area contributed by atoms with Gasteiger partial charge in [0.1, 0.15) is 0 Å². The van der Waals surface area contributed by atoms with Crippen molar-refractivity contribution in [3.63, 3.8) is 0 Å². The maximum Gasteiger partial charge on any atom is 0.256 e. The van der Waals surface area contributed by atoms with Crippen molar-refractivity contribution in [3.8, 4) is 39.6 Å². The summed E-state index contributed by atoms with van der Waals surface area (Å²) >= 11 is 0. The predicted molar refractivity (Wildman–Crippen MR) is 123 cm³/mol. The Morgan fingerprint density at radius 2 is 1.68 bits per heavy atom. The zero-order valence-corrected chi connectivity index (χ0v) is 17.5. The second kappa shape index (κ2) is 8.78. The first-order valence-corrected chi connectivity index (χ1v) is 9.99. The fourth-order valence-electron chi connectivity index (χ4n) is 3.75. The maximum absolute atomic E-state index is 13.1. The largest absolute Gasteiger partial charge is 0.328 e. The molecule has 0 bridgehead atoms. The number of nitrogens with zero attached hydrogens (tertiary/aromatic N) is 3. The van der Waals surface area contributed by atoms with Gasteiger partial charge in [-0.15, -0.1) is 0 Å². The highest BCUT2D eigenvalue weighted by atomic mass is 16.1. The molecule has 4 rings (SSSR count). The van der Waals surface area contributed by atoms with Gasteiger partial charge in [-0.3, -0.25) is 9.78 Å². The number of hydrogen-bond acceptors (Lipinski definition) is 4. The van der Waals surface area contributed by atoms with Crippen LogP contribution < -0.4 is 5.56 Å². The summed E-state index contributed by atoms with van der Waals surface area (Å²) in [5.74, 6) is 0. The third kappa shape index (κ3) is 4.16. The van der Waals surface area contributed by atoms with Crippen molar-refractivity contribution in [2.75, 3.05) is 14.1 Å². The summed E-state index contributed by atoms with van der Waals surface area (Å²) in [6.07, 6.45) is 3.43. The zero-order chi connectivity index (χ0) is 21.8. The van der Waals surface area contributed by atoms with Crippen LogP contribution in [-0.2, 0) is 6.54 Å². The minimum atomic E-state index is -0.241. The summed E-state index contributed by atoms with van der Waals surface area (Å²) in [7, 11) is 4.06. The highest BCUT2D eigenvalue weighted by Crippen LogP contribution is 2.38. The number of hydrogen-bond donors (Lipinski definition) is 1. The number of nitrogens with one attached hydrogen (secondary N) is 1. The molecule has 2 aromatic carbocycles. The number of H-pyrrole nitrogens is 1.